The summed E-state index contributed by atoms with van der Waals surface area (Å²) in [6, 6.07) is 1.99. The first-order chi connectivity index (χ1) is 12.0. The summed E-state index contributed by atoms with van der Waals surface area (Å²) in [5.74, 6) is 0.836. The molecular weight excluding hydrogens is 316 g/mol. The molecule has 3 heterocycles. The third kappa shape index (κ3) is 3.87. The lowest BCUT2D eigenvalue weighted by Crippen LogP contribution is -2.42. The molecule has 7 heteroatoms. The largest absolute Gasteiger partial charge is 0.350 e. The Morgan fingerprint density at radius 2 is 2.12 bits per heavy atom. The molecule has 0 spiro atoms. The molecule has 0 radical (unpaired) electrons. The van der Waals surface area contributed by atoms with Gasteiger partial charge in [-0.15, -0.1) is 0 Å². The Hall–Kier alpha value is -2.28. The molecule has 1 saturated heterocycles. The Balaban J connectivity index is 1.72. The van der Waals surface area contributed by atoms with E-state index in [2.05, 4.69) is 36.8 Å². The first-order valence-electron chi connectivity index (χ1n) is 8.72. The molecule has 0 saturated carbocycles. The summed E-state index contributed by atoms with van der Waals surface area (Å²) in [6.45, 7) is 5.37. The van der Waals surface area contributed by atoms with Gasteiger partial charge in [0.15, 0.2) is 0 Å². The third-order valence-corrected chi connectivity index (χ3v) is 4.89. The minimum absolute atomic E-state index is 0.134. The highest BCUT2D eigenvalue weighted by Crippen LogP contribution is 2.34. The van der Waals surface area contributed by atoms with Crippen molar-refractivity contribution in [2.24, 2.45) is 13.0 Å². The Kier molecular flexibility index (Phi) is 5.13. The van der Waals surface area contributed by atoms with Gasteiger partial charge in [0.05, 0.1) is 18.1 Å². The second-order valence-electron chi connectivity index (χ2n) is 6.91. The van der Waals surface area contributed by atoms with E-state index in [9.17, 15) is 4.79 Å². The lowest BCUT2D eigenvalue weighted by atomic mass is 9.87. The van der Waals surface area contributed by atoms with Crippen molar-refractivity contribution in [3.63, 3.8) is 0 Å². The molecule has 0 unspecified atom stereocenters. The lowest BCUT2D eigenvalue weighted by molar-refractivity contribution is 0.0877. The summed E-state index contributed by atoms with van der Waals surface area (Å²) in [5.41, 5.74) is 2.43. The normalized spacial score (nSPS) is 21.3. The quantitative estimate of drug-likeness (QED) is 0.914. The second-order valence-corrected chi connectivity index (χ2v) is 6.91. The second kappa shape index (κ2) is 7.31. The predicted molar refractivity (Wildman–Crippen MR) is 95.1 cm³/mol. The Bertz CT molecular complexity index is 736. The van der Waals surface area contributed by atoms with Gasteiger partial charge in [0.2, 0.25) is 0 Å². The van der Waals surface area contributed by atoms with E-state index in [4.69, 9.17) is 0 Å². The van der Waals surface area contributed by atoms with Crippen molar-refractivity contribution < 1.29 is 4.79 Å². The van der Waals surface area contributed by atoms with E-state index in [1.54, 1.807) is 13.0 Å². The number of likely N-dealkylation sites (tertiary alicyclic amines) is 1. The zero-order chi connectivity index (χ0) is 18.0. The molecule has 134 valence electrons. The third-order valence-electron chi connectivity index (χ3n) is 4.89. The van der Waals surface area contributed by atoms with Crippen molar-refractivity contribution in [3.05, 3.63) is 41.5 Å². The van der Waals surface area contributed by atoms with Crippen LogP contribution < -0.4 is 5.32 Å². The number of hydrogen-bond acceptors (Lipinski definition) is 5. The van der Waals surface area contributed by atoms with Crippen molar-refractivity contribution in [1.82, 2.24) is 29.7 Å². The fraction of sp³-hybridized carbons (Fsp3) is 0.556. The molecule has 7 nitrogen and oxygen atoms in total. The van der Waals surface area contributed by atoms with Gasteiger partial charge in [-0.3, -0.25) is 9.69 Å². The number of nitrogens with zero attached hydrogens (tertiary/aromatic N) is 5. The van der Waals surface area contributed by atoms with E-state index >= 15 is 0 Å². The van der Waals surface area contributed by atoms with Crippen LogP contribution in [-0.4, -0.2) is 50.5 Å². The van der Waals surface area contributed by atoms with E-state index in [0.29, 0.717) is 24.0 Å². The van der Waals surface area contributed by atoms with Gasteiger partial charge >= 0.3 is 0 Å². The number of imidazole rings is 1. The molecule has 3 rings (SSSR count). The summed E-state index contributed by atoms with van der Waals surface area (Å²) >= 11 is 0. The molecule has 2 atom stereocenters. The van der Waals surface area contributed by atoms with E-state index in [0.717, 1.165) is 25.1 Å². The monoisotopic (exact) mass is 342 g/mol. The molecule has 1 N–H and O–H groups in total. The number of piperidine rings is 1. The first kappa shape index (κ1) is 17.5. The van der Waals surface area contributed by atoms with Crippen LogP contribution in [0.1, 0.15) is 46.6 Å². The summed E-state index contributed by atoms with van der Waals surface area (Å²) in [5, 5.41) is 3.07. The number of amides is 1. The van der Waals surface area contributed by atoms with Crippen LogP contribution >= 0.6 is 0 Å². The molecule has 25 heavy (non-hydrogen) atoms. The van der Waals surface area contributed by atoms with E-state index in [1.165, 1.54) is 5.69 Å². The Morgan fingerprint density at radius 1 is 1.32 bits per heavy atom. The topological polar surface area (TPSA) is 75.9 Å². The number of nitrogens with one attached hydrogen (secondary N) is 1. The van der Waals surface area contributed by atoms with Gasteiger partial charge in [-0.1, -0.05) is 0 Å². The highest BCUT2D eigenvalue weighted by atomic mass is 16.1. The molecule has 1 aliphatic heterocycles. The van der Waals surface area contributed by atoms with Crippen molar-refractivity contribution in [2.45, 2.75) is 32.7 Å². The maximum Gasteiger partial charge on any atom is 0.270 e. The Labute approximate surface area is 148 Å². The zero-order valence-electron chi connectivity index (χ0n) is 15.4. The van der Waals surface area contributed by atoms with Crippen LogP contribution in [0.3, 0.4) is 0 Å². The fourth-order valence-electron chi connectivity index (χ4n) is 3.74. The summed E-state index contributed by atoms with van der Waals surface area (Å²) in [4.78, 5) is 27.6. The van der Waals surface area contributed by atoms with Gasteiger partial charge in [0, 0.05) is 25.5 Å². The van der Waals surface area contributed by atoms with Crippen LogP contribution in [0.4, 0.5) is 0 Å². The van der Waals surface area contributed by atoms with Crippen molar-refractivity contribution >= 4 is 5.91 Å². The van der Waals surface area contributed by atoms with Crippen molar-refractivity contribution in [3.8, 4) is 0 Å². The van der Waals surface area contributed by atoms with Gasteiger partial charge in [-0.05, 0) is 52.3 Å². The van der Waals surface area contributed by atoms with Crippen LogP contribution in [0.2, 0.25) is 0 Å². The minimum atomic E-state index is -0.134. The summed E-state index contributed by atoms with van der Waals surface area (Å²) in [7, 11) is 4.16. The van der Waals surface area contributed by atoms with Gasteiger partial charge in [0.25, 0.3) is 5.91 Å². The molecule has 0 aromatic carbocycles. The van der Waals surface area contributed by atoms with Crippen molar-refractivity contribution in [1.29, 1.82) is 0 Å². The minimum Gasteiger partial charge on any atom is -0.350 e. The molecule has 2 aromatic heterocycles. The molecule has 1 aliphatic rings. The van der Waals surface area contributed by atoms with Gasteiger partial charge in [-0.25, -0.2) is 15.0 Å². The molecule has 2 aromatic rings. The van der Waals surface area contributed by atoms with E-state index in [1.807, 2.05) is 26.5 Å². The maximum atomic E-state index is 12.5. The van der Waals surface area contributed by atoms with Gasteiger partial charge in [-0.2, -0.15) is 0 Å². The molecule has 1 fully saturated rings. The highest BCUT2D eigenvalue weighted by Gasteiger charge is 2.32. The number of rotatable bonds is 4. The van der Waals surface area contributed by atoms with Crippen LogP contribution in [0, 0.1) is 19.8 Å². The summed E-state index contributed by atoms with van der Waals surface area (Å²) < 4.78 is 2.07. The van der Waals surface area contributed by atoms with E-state index < -0.39 is 0 Å². The number of carbonyl (C=O) groups is 1. The van der Waals surface area contributed by atoms with Crippen LogP contribution in [0.5, 0.6) is 0 Å². The first-order valence-corrected chi connectivity index (χ1v) is 8.72. The average molecular weight is 342 g/mol. The average Bonchev–Trinajstić information content (AvgIpc) is 2.97. The molecule has 0 aliphatic carbocycles. The number of aryl methyl sites for hydroxylation is 3. The number of carbonyl (C=O) groups excluding carboxylic acids is 1. The number of aromatic nitrogens is 4. The van der Waals surface area contributed by atoms with Crippen LogP contribution in [0.15, 0.2) is 18.6 Å². The smallest absolute Gasteiger partial charge is 0.270 e. The van der Waals surface area contributed by atoms with Gasteiger partial charge in [0.1, 0.15) is 11.5 Å². The Morgan fingerprint density at radius 3 is 2.80 bits per heavy atom. The van der Waals surface area contributed by atoms with Gasteiger partial charge < -0.3 is 9.88 Å². The standard InChI is InChI=1S/C18H26N6O/c1-12-8-15(22-13(2)21-12)18(25)20-9-14-6-5-7-23(3)17(14)16-10-19-11-24(16)4/h8,10-11,14,17H,5-7,9H2,1-4H3,(H,20,25)/t14-,17+/m0/s1. The molecular formula is C18H26N6O. The predicted octanol–water partition coefficient (Wildman–Crippen LogP) is 1.64. The molecule has 0 bridgehead atoms. The summed E-state index contributed by atoms with van der Waals surface area (Å²) in [6.07, 6.45) is 5.98. The highest BCUT2D eigenvalue weighted by molar-refractivity contribution is 5.92. The molecule has 1 amide bonds. The van der Waals surface area contributed by atoms with Crippen LogP contribution in [0.25, 0.3) is 0 Å². The maximum absolute atomic E-state index is 12.5. The number of hydrogen-bond donors (Lipinski definition) is 1. The lowest BCUT2D eigenvalue weighted by Gasteiger charge is -2.39. The fourth-order valence-corrected chi connectivity index (χ4v) is 3.74. The van der Waals surface area contributed by atoms with E-state index in [-0.39, 0.29) is 11.9 Å². The van der Waals surface area contributed by atoms with Crippen molar-refractivity contribution in [2.75, 3.05) is 20.1 Å². The zero-order valence-corrected chi connectivity index (χ0v) is 15.4. The van der Waals surface area contributed by atoms with Crippen LogP contribution in [-0.2, 0) is 7.05 Å². The SMILES string of the molecule is Cc1cc(C(=O)NC[C@@H]2CCCN(C)[C@H]2c2cncn2C)nc(C)n1.